The Balaban J connectivity index is 2.05. The summed E-state index contributed by atoms with van der Waals surface area (Å²) in [5.41, 5.74) is 5.42. The molecule has 1 aliphatic rings. The lowest BCUT2D eigenvalue weighted by Crippen LogP contribution is -2.33. The third kappa shape index (κ3) is 2.05. The Labute approximate surface area is 129 Å². The molecule has 22 heavy (non-hydrogen) atoms. The lowest BCUT2D eigenvalue weighted by Gasteiger charge is -2.22. The zero-order valence-corrected chi connectivity index (χ0v) is 13.4. The zero-order valence-electron chi connectivity index (χ0n) is 13.4. The van der Waals surface area contributed by atoms with Crippen LogP contribution in [0.1, 0.15) is 41.9 Å². The van der Waals surface area contributed by atoms with Gasteiger partial charge in [0.25, 0.3) is 0 Å². The first kappa shape index (κ1) is 14.8. The molecule has 0 bridgehead atoms. The largest absolute Gasteiger partial charge is 0.362 e. The van der Waals surface area contributed by atoms with Crippen molar-refractivity contribution in [3.8, 4) is 0 Å². The van der Waals surface area contributed by atoms with Crippen molar-refractivity contribution in [2.24, 2.45) is 0 Å². The van der Waals surface area contributed by atoms with Crippen LogP contribution in [0.3, 0.4) is 0 Å². The number of aromatic nitrogens is 1. The lowest BCUT2D eigenvalue weighted by atomic mass is 9.79. The fourth-order valence-corrected chi connectivity index (χ4v) is 3.56. The van der Waals surface area contributed by atoms with Crippen molar-refractivity contribution in [1.29, 1.82) is 0 Å². The second kappa shape index (κ2) is 4.97. The Morgan fingerprint density at radius 3 is 2.64 bits per heavy atom. The Hall–Kier alpha value is -2.10. The predicted octanol–water partition coefficient (Wildman–Crippen LogP) is 3.79. The van der Waals surface area contributed by atoms with Gasteiger partial charge in [-0.1, -0.05) is 6.92 Å². The molecule has 3 rings (SSSR count). The molecule has 0 aliphatic carbocycles. The first-order valence-corrected chi connectivity index (χ1v) is 7.65. The van der Waals surface area contributed by atoms with Crippen molar-refractivity contribution in [1.82, 2.24) is 4.98 Å². The quantitative estimate of drug-likeness (QED) is 0.890. The molecule has 4 heteroatoms. The molecule has 0 saturated carbocycles. The molecular formula is C18H21FN2O. The summed E-state index contributed by atoms with van der Waals surface area (Å²) in [5, 5.41) is 2.87. The van der Waals surface area contributed by atoms with Gasteiger partial charge in [0.1, 0.15) is 5.82 Å². The summed E-state index contributed by atoms with van der Waals surface area (Å²) < 4.78 is 13.6. The Kier molecular flexibility index (Phi) is 3.35. The third-order valence-electron chi connectivity index (χ3n) is 4.91. The van der Waals surface area contributed by atoms with Crippen LogP contribution in [0, 0.1) is 19.7 Å². The molecule has 1 unspecified atom stereocenters. The number of amides is 1. The van der Waals surface area contributed by atoms with Crippen LogP contribution in [0.5, 0.6) is 0 Å². The molecule has 0 fully saturated rings. The minimum absolute atomic E-state index is 0.0715. The summed E-state index contributed by atoms with van der Waals surface area (Å²) in [6.07, 6.45) is 1.50. The topological polar surface area (TPSA) is 44.9 Å². The average molecular weight is 300 g/mol. The number of nitrogens with one attached hydrogen (secondary N) is 2. The van der Waals surface area contributed by atoms with Crippen molar-refractivity contribution in [3.05, 3.63) is 52.1 Å². The summed E-state index contributed by atoms with van der Waals surface area (Å²) in [6.45, 7) is 8.15. The number of aryl methyl sites for hydroxylation is 1. The number of carbonyl (C=O) groups excluding carboxylic acids is 1. The number of aromatic amines is 1. The van der Waals surface area contributed by atoms with Gasteiger partial charge in [0.05, 0.1) is 5.41 Å². The van der Waals surface area contributed by atoms with E-state index >= 15 is 0 Å². The first-order valence-electron chi connectivity index (χ1n) is 7.65. The maximum atomic E-state index is 13.6. The fourth-order valence-electron chi connectivity index (χ4n) is 3.56. The molecule has 3 nitrogen and oxygen atoms in total. The molecule has 0 spiro atoms. The fraction of sp³-hybridized carbons (Fsp3) is 0.389. The highest BCUT2D eigenvalue weighted by molar-refractivity contribution is 6.06. The average Bonchev–Trinajstić information content (AvgIpc) is 2.86. The minimum Gasteiger partial charge on any atom is -0.362 e. The highest BCUT2D eigenvalue weighted by Gasteiger charge is 2.43. The number of rotatable bonds is 3. The molecule has 116 valence electrons. The molecule has 2 aromatic rings. The van der Waals surface area contributed by atoms with Crippen LogP contribution in [0.4, 0.5) is 10.1 Å². The maximum Gasteiger partial charge on any atom is 0.235 e. The number of anilines is 1. The highest BCUT2D eigenvalue weighted by Crippen LogP contribution is 2.41. The SMILES string of the molecule is CCc1c(C)[nH]c(CC2(C)C(=O)Nc3ccc(F)cc32)c1C. The van der Waals surface area contributed by atoms with Crippen molar-refractivity contribution < 1.29 is 9.18 Å². The van der Waals surface area contributed by atoms with Gasteiger partial charge in [-0.2, -0.15) is 0 Å². The second-order valence-corrected chi connectivity index (χ2v) is 6.34. The van der Waals surface area contributed by atoms with Gasteiger partial charge in [-0.05, 0) is 62.1 Å². The monoisotopic (exact) mass is 300 g/mol. The number of benzene rings is 1. The van der Waals surface area contributed by atoms with E-state index in [0.717, 1.165) is 23.4 Å². The molecule has 0 radical (unpaired) electrons. The molecule has 2 heterocycles. The van der Waals surface area contributed by atoms with E-state index in [0.29, 0.717) is 12.1 Å². The van der Waals surface area contributed by atoms with Gasteiger partial charge in [-0.25, -0.2) is 4.39 Å². The van der Waals surface area contributed by atoms with E-state index in [2.05, 4.69) is 31.1 Å². The Bertz CT molecular complexity index is 763. The number of hydrogen-bond donors (Lipinski definition) is 2. The second-order valence-electron chi connectivity index (χ2n) is 6.34. The standard InChI is InChI=1S/C18H21FN2O/c1-5-13-10(2)16(20-11(13)3)9-18(4)14-8-12(19)6-7-15(14)21-17(18)22/h6-8,20H,5,9H2,1-4H3,(H,21,22). The number of halogens is 1. The maximum absolute atomic E-state index is 13.6. The van der Waals surface area contributed by atoms with E-state index in [9.17, 15) is 9.18 Å². The summed E-state index contributed by atoms with van der Waals surface area (Å²) in [6, 6.07) is 4.49. The molecular weight excluding hydrogens is 279 g/mol. The highest BCUT2D eigenvalue weighted by atomic mass is 19.1. The Morgan fingerprint density at radius 1 is 1.27 bits per heavy atom. The van der Waals surface area contributed by atoms with E-state index in [1.165, 1.54) is 23.3 Å². The summed E-state index contributed by atoms with van der Waals surface area (Å²) >= 11 is 0. The van der Waals surface area contributed by atoms with Gasteiger partial charge < -0.3 is 10.3 Å². The summed E-state index contributed by atoms with van der Waals surface area (Å²) in [7, 11) is 0. The lowest BCUT2D eigenvalue weighted by molar-refractivity contribution is -0.120. The number of hydrogen-bond acceptors (Lipinski definition) is 1. The van der Waals surface area contributed by atoms with Crippen molar-refractivity contribution in [2.45, 2.75) is 46.0 Å². The van der Waals surface area contributed by atoms with Crippen LogP contribution in [0.2, 0.25) is 0 Å². The molecule has 1 aromatic carbocycles. The van der Waals surface area contributed by atoms with E-state index in [1.54, 1.807) is 6.07 Å². The van der Waals surface area contributed by atoms with Gasteiger partial charge in [0.15, 0.2) is 0 Å². The van der Waals surface area contributed by atoms with E-state index in [1.807, 2.05) is 6.92 Å². The van der Waals surface area contributed by atoms with Gasteiger partial charge in [-0.3, -0.25) is 4.79 Å². The van der Waals surface area contributed by atoms with Gasteiger partial charge >= 0.3 is 0 Å². The molecule has 1 aliphatic heterocycles. The number of carbonyl (C=O) groups is 1. The van der Waals surface area contributed by atoms with E-state index in [4.69, 9.17) is 0 Å². The van der Waals surface area contributed by atoms with Crippen LogP contribution in [-0.2, 0) is 23.1 Å². The van der Waals surface area contributed by atoms with Crippen molar-refractivity contribution in [2.75, 3.05) is 5.32 Å². The first-order chi connectivity index (χ1) is 10.4. The van der Waals surface area contributed by atoms with E-state index < -0.39 is 5.41 Å². The smallest absolute Gasteiger partial charge is 0.235 e. The van der Waals surface area contributed by atoms with Crippen LogP contribution < -0.4 is 5.32 Å². The Morgan fingerprint density at radius 2 is 2.00 bits per heavy atom. The molecule has 1 aromatic heterocycles. The van der Waals surface area contributed by atoms with Crippen LogP contribution >= 0.6 is 0 Å². The van der Waals surface area contributed by atoms with Crippen molar-refractivity contribution >= 4 is 11.6 Å². The number of fused-ring (bicyclic) bond motifs is 1. The third-order valence-corrected chi connectivity index (χ3v) is 4.91. The molecule has 1 atom stereocenters. The molecule has 1 amide bonds. The summed E-state index contributed by atoms with van der Waals surface area (Å²) in [5.74, 6) is -0.382. The van der Waals surface area contributed by atoms with Crippen LogP contribution in [0.25, 0.3) is 0 Å². The molecule has 2 N–H and O–H groups in total. The van der Waals surface area contributed by atoms with Crippen molar-refractivity contribution in [3.63, 3.8) is 0 Å². The number of H-pyrrole nitrogens is 1. The van der Waals surface area contributed by atoms with Crippen LogP contribution in [-0.4, -0.2) is 10.9 Å². The molecule has 0 saturated heterocycles. The normalized spacial score (nSPS) is 20.1. The predicted molar refractivity (Wildman–Crippen MR) is 85.7 cm³/mol. The van der Waals surface area contributed by atoms with Gasteiger partial charge in [0, 0.05) is 23.5 Å². The van der Waals surface area contributed by atoms with Gasteiger partial charge in [-0.15, -0.1) is 0 Å². The minimum atomic E-state index is -0.746. The van der Waals surface area contributed by atoms with E-state index in [-0.39, 0.29) is 11.7 Å². The summed E-state index contributed by atoms with van der Waals surface area (Å²) in [4.78, 5) is 15.9. The van der Waals surface area contributed by atoms with Gasteiger partial charge in [0.2, 0.25) is 5.91 Å². The van der Waals surface area contributed by atoms with Crippen LogP contribution in [0.15, 0.2) is 18.2 Å². The zero-order chi connectivity index (χ0) is 16.1.